The molecule has 6 rings (SSSR count). The van der Waals surface area contributed by atoms with E-state index in [1.807, 2.05) is 67.6 Å². The van der Waals surface area contributed by atoms with E-state index >= 15 is 0 Å². The summed E-state index contributed by atoms with van der Waals surface area (Å²) < 4.78 is 36.7. The van der Waals surface area contributed by atoms with Gasteiger partial charge in [0.15, 0.2) is 5.76 Å². The van der Waals surface area contributed by atoms with Crippen LogP contribution in [0.4, 0.5) is 0 Å². The minimum absolute atomic E-state index is 0.115. The van der Waals surface area contributed by atoms with E-state index in [1.165, 1.54) is 16.0 Å². The van der Waals surface area contributed by atoms with Crippen molar-refractivity contribution in [1.82, 2.24) is 19.6 Å². The molecule has 41 heavy (non-hydrogen) atoms. The molecular formula is C30H23ClN4O4S2. The normalized spacial score (nSPS) is 11.7. The van der Waals surface area contributed by atoms with Crippen LogP contribution >= 0.6 is 22.9 Å². The van der Waals surface area contributed by atoms with Gasteiger partial charge in [-0.2, -0.15) is 0 Å². The largest absolute Gasteiger partial charge is 0.420 e. The summed E-state index contributed by atoms with van der Waals surface area (Å²) >= 11 is 7.46. The third-order valence-corrected chi connectivity index (χ3v) is 9.52. The molecule has 11 heteroatoms. The summed E-state index contributed by atoms with van der Waals surface area (Å²) in [5.74, 6) is -0.0793. The number of rotatable bonds is 8. The molecule has 8 nitrogen and oxygen atoms in total. The van der Waals surface area contributed by atoms with Crippen molar-refractivity contribution < 1.29 is 12.8 Å². The Hall–Kier alpha value is -4.25. The van der Waals surface area contributed by atoms with Crippen molar-refractivity contribution in [1.29, 1.82) is 0 Å². The molecule has 0 amide bonds. The standard InChI is InChI=1S/C30H23ClN4O4S2/c1-20-12-14-23(15-13-20)41(37,38)29-27(24-16-17-25(31)40-24)35(33-32-29)19-18-34-26(21-8-4-2-5-9-21)28(39-30(34)36)22-10-6-3-7-11-22/h2-17H,18-19H2,1H3. The fourth-order valence-corrected chi connectivity index (χ4v) is 7.10. The number of nitrogens with zero attached hydrogens (tertiary/aromatic N) is 4. The number of hydrogen-bond acceptors (Lipinski definition) is 7. The summed E-state index contributed by atoms with van der Waals surface area (Å²) in [5, 5.41) is 8.17. The average Bonchev–Trinajstić information content (AvgIpc) is 3.69. The van der Waals surface area contributed by atoms with Crippen LogP contribution in [0.1, 0.15) is 5.56 Å². The molecule has 0 saturated heterocycles. The van der Waals surface area contributed by atoms with Gasteiger partial charge in [-0.15, -0.1) is 16.4 Å². The minimum Gasteiger partial charge on any atom is -0.407 e. The van der Waals surface area contributed by atoms with Crippen molar-refractivity contribution in [3.63, 3.8) is 0 Å². The smallest absolute Gasteiger partial charge is 0.407 e. The Labute approximate surface area is 245 Å². The van der Waals surface area contributed by atoms with Gasteiger partial charge in [-0.05, 0) is 31.2 Å². The molecular weight excluding hydrogens is 580 g/mol. The third kappa shape index (κ3) is 5.17. The lowest BCUT2D eigenvalue weighted by atomic mass is 10.1. The molecule has 0 N–H and O–H groups in total. The van der Waals surface area contributed by atoms with Crippen LogP contribution in [0, 0.1) is 6.92 Å². The predicted molar refractivity (Wildman–Crippen MR) is 159 cm³/mol. The molecule has 0 aliphatic heterocycles. The minimum atomic E-state index is -4.00. The summed E-state index contributed by atoms with van der Waals surface area (Å²) in [6.45, 7) is 2.18. The van der Waals surface area contributed by atoms with Crippen molar-refractivity contribution in [3.05, 3.63) is 118 Å². The molecule has 206 valence electrons. The van der Waals surface area contributed by atoms with Gasteiger partial charge in [-0.3, -0.25) is 4.57 Å². The van der Waals surface area contributed by atoms with Gasteiger partial charge in [-0.1, -0.05) is 95.2 Å². The van der Waals surface area contributed by atoms with E-state index in [2.05, 4.69) is 10.3 Å². The quantitative estimate of drug-likeness (QED) is 0.195. The van der Waals surface area contributed by atoms with Crippen LogP contribution in [0.25, 0.3) is 33.2 Å². The fraction of sp³-hybridized carbons (Fsp3) is 0.100. The highest BCUT2D eigenvalue weighted by atomic mass is 35.5. The lowest BCUT2D eigenvalue weighted by Gasteiger charge is -2.11. The molecule has 0 bridgehead atoms. The molecule has 0 saturated carbocycles. The van der Waals surface area contributed by atoms with Gasteiger partial charge in [0.2, 0.25) is 14.9 Å². The van der Waals surface area contributed by atoms with Crippen molar-refractivity contribution in [2.24, 2.45) is 0 Å². The van der Waals surface area contributed by atoms with Crippen LogP contribution in [-0.2, 0) is 22.9 Å². The van der Waals surface area contributed by atoms with Crippen molar-refractivity contribution in [3.8, 4) is 33.2 Å². The Bertz CT molecular complexity index is 1990. The van der Waals surface area contributed by atoms with Gasteiger partial charge in [0, 0.05) is 17.7 Å². The molecule has 0 atom stereocenters. The van der Waals surface area contributed by atoms with Crippen LogP contribution in [0.15, 0.2) is 116 Å². The predicted octanol–water partition coefficient (Wildman–Crippen LogP) is 6.59. The average molecular weight is 603 g/mol. The number of halogens is 1. The molecule has 0 aliphatic carbocycles. The van der Waals surface area contributed by atoms with Crippen molar-refractivity contribution >= 4 is 32.8 Å². The lowest BCUT2D eigenvalue weighted by Crippen LogP contribution is -2.20. The van der Waals surface area contributed by atoms with Crippen LogP contribution in [0.2, 0.25) is 4.34 Å². The lowest BCUT2D eigenvalue weighted by molar-refractivity contribution is 0.457. The van der Waals surface area contributed by atoms with E-state index in [0.29, 0.717) is 26.4 Å². The highest BCUT2D eigenvalue weighted by Crippen LogP contribution is 2.36. The molecule has 6 aromatic rings. The summed E-state index contributed by atoms with van der Waals surface area (Å²) in [5.41, 5.74) is 3.44. The first-order chi connectivity index (χ1) is 19.8. The second-order valence-corrected chi connectivity index (χ2v) is 12.9. The number of aryl methyl sites for hydroxylation is 2. The molecule has 0 aliphatic rings. The van der Waals surface area contributed by atoms with E-state index in [-0.39, 0.29) is 23.0 Å². The number of thiophene rings is 1. The van der Waals surface area contributed by atoms with Crippen LogP contribution in [0.5, 0.6) is 0 Å². The Morgan fingerprint density at radius 1 is 0.829 bits per heavy atom. The third-order valence-electron chi connectivity index (χ3n) is 6.61. The van der Waals surface area contributed by atoms with Gasteiger partial charge in [-0.25, -0.2) is 17.9 Å². The summed E-state index contributed by atoms with van der Waals surface area (Å²) in [6, 6.07) is 28.9. The molecule has 0 radical (unpaired) electrons. The molecule has 3 aromatic carbocycles. The van der Waals surface area contributed by atoms with E-state index < -0.39 is 15.6 Å². The molecule has 0 unspecified atom stereocenters. The summed E-state index contributed by atoms with van der Waals surface area (Å²) in [6.07, 6.45) is 0. The first-order valence-corrected chi connectivity index (χ1v) is 15.4. The second kappa shape index (κ2) is 11.0. The molecule has 3 aromatic heterocycles. The molecule has 3 heterocycles. The highest BCUT2D eigenvalue weighted by Gasteiger charge is 2.30. The first-order valence-electron chi connectivity index (χ1n) is 12.7. The van der Waals surface area contributed by atoms with E-state index in [9.17, 15) is 13.2 Å². The number of hydrogen-bond donors (Lipinski definition) is 0. The van der Waals surface area contributed by atoms with Gasteiger partial charge in [0.05, 0.1) is 26.3 Å². The maximum atomic E-state index is 13.7. The second-order valence-electron chi connectivity index (χ2n) is 9.32. The topological polar surface area (TPSA) is 100.0 Å². The zero-order valence-corrected chi connectivity index (χ0v) is 24.2. The van der Waals surface area contributed by atoms with Gasteiger partial charge in [0.25, 0.3) is 0 Å². The maximum absolute atomic E-state index is 13.7. The molecule has 0 spiro atoms. The van der Waals surface area contributed by atoms with Gasteiger partial charge < -0.3 is 4.42 Å². The zero-order chi connectivity index (χ0) is 28.6. The first kappa shape index (κ1) is 26.9. The SMILES string of the molecule is Cc1ccc(S(=O)(=O)c2nnn(CCn3c(-c4ccccc4)c(-c4ccccc4)oc3=O)c2-c2ccc(Cl)s2)cc1. The van der Waals surface area contributed by atoms with E-state index in [4.69, 9.17) is 16.0 Å². The Kier molecular flexibility index (Phi) is 7.21. The number of oxazole rings is 1. The van der Waals surface area contributed by atoms with Crippen molar-refractivity contribution in [2.45, 2.75) is 29.9 Å². The highest BCUT2D eigenvalue weighted by molar-refractivity contribution is 7.91. The Morgan fingerprint density at radius 2 is 1.49 bits per heavy atom. The zero-order valence-electron chi connectivity index (χ0n) is 21.8. The summed E-state index contributed by atoms with van der Waals surface area (Å²) in [7, 11) is -4.00. The number of benzene rings is 3. The fourth-order valence-electron chi connectivity index (χ4n) is 4.61. The molecule has 0 fully saturated rings. The van der Waals surface area contributed by atoms with Crippen LogP contribution in [-0.4, -0.2) is 28.0 Å². The van der Waals surface area contributed by atoms with Crippen LogP contribution in [0.3, 0.4) is 0 Å². The summed E-state index contributed by atoms with van der Waals surface area (Å²) in [4.78, 5) is 13.9. The van der Waals surface area contributed by atoms with Crippen molar-refractivity contribution in [2.75, 3.05) is 0 Å². The number of sulfone groups is 1. The van der Waals surface area contributed by atoms with Gasteiger partial charge in [0.1, 0.15) is 5.69 Å². The Morgan fingerprint density at radius 3 is 2.12 bits per heavy atom. The maximum Gasteiger partial charge on any atom is 0.420 e. The monoisotopic (exact) mass is 602 g/mol. The van der Waals surface area contributed by atoms with Crippen LogP contribution < -0.4 is 5.76 Å². The van der Waals surface area contributed by atoms with E-state index in [1.54, 1.807) is 41.0 Å². The Balaban J connectivity index is 1.44. The number of aromatic nitrogens is 4. The van der Waals surface area contributed by atoms with Gasteiger partial charge >= 0.3 is 5.76 Å². The van der Waals surface area contributed by atoms with E-state index in [0.717, 1.165) is 16.7 Å².